The second-order valence-corrected chi connectivity index (χ2v) is 15.0. The number of alkyl halides is 3. The van der Waals surface area contributed by atoms with Gasteiger partial charge >= 0.3 is 18.1 Å². The van der Waals surface area contributed by atoms with Crippen LogP contribution < -0.4 is 24.8 Å². The number of carboxylic acid groups (broad SMARTS) is 2. The fourth-order valence-electron chi connectivity index (χ4n) is 6.74. The summed E-state index contributed by atoms with van der Waals surface area (Å²) in [5.74, 6) is -1.99. The third-order valence-corrected chi connectivity index (χ3v) is 10.2. The van der Waals surface area contributed by atoms with Gasteiger partial charge in [-0.3, -0.25) is 14.6 Å². The average Bonchev–Trinajstić information content (AvgIpc) is 3.22. The van der Waals surface area contributed by atoms with Crippen LogP contribution in [0.5, 0.6) is 17.2 Å². The van der Waals surface area contributed by atoms with E-state index >= 15 is 0 Å². The molecule has 0 spiro atoms. The number of benzene rings is 4. The Balaban J connectivity index is 1.35. The molecule has 0 unspecified atom stereocenters. The maximum Gasteiger partial charge on any atom is 0.419 e. The van der Waals surface area contributed by atoms with Crippen LogP contribution in [0.1, 0.15) is 51.8 Å². The van der Waals surface area contributed by atoms with Gasteiger partial charge in [0.25, 0.3) is 0 Å². The molecule has 17 heteroatoms. The molecule has 0 fully saturated rings. The summed E-state index contributed by atoms with van der Waals surface area (Å²) in [6, 6.07) is 21.9. The van der Waals surface area contributed by atoms with Crippen molar-refractivity contribution in [3.63, 3.8) is 0 Å². The molecule has 0 amide bonds. The molecule has 2 atom stereocenters. The van der Waals surface area contributed by atoms with Crippen LogP contribution in [0.3, 0.4) is 0 Å². The molecule has 0 radical (unpaired) electrons. The zero-order valence-electron chi connectivity index (χ0n) is 34.3. The molecular weight excluding hydrogens is 845 g/mol. The van der Waals surface area contributed by atoms with E-state index in [1.165, 1.54) is 12.3 Å². The number of halogens is 4. The standard InChI is InChI=1S/C46H46ClF3N4O9/c1-27-32(26-63-43-18-42(62-25-30-13-29(19-51)20-53-21-30)33(15-40(43)47)22-54-24-35(56)17-45(59)60)5-3-7-37(27)38-8-4-6-36(28(38)2)31-9-10-41(39(14-31)46(48,49)50)61-12-11-52-23-34(55)16-44(57)58/h3-10,13-15,18,20-21,34-35,52,54-56H,11-12,16-17,22-26H2,1-2H3,(H,57,58)(H,59,60)/t34-,35-/m0/s1. The zero-order chi connectivity index (χ0) is 45.7. The van der Waals surface area contributed by atoms with Crippen molar-refractivity contribution < 1.29 is 57.4 Å². The van der Waals surface area contributed by atoms with Crippen molar-refractivity contribution in [2.45, 2.75) is 64.8 Å². The smallest absolute Gasteiger partial charge is 0.419 e. The first kappa shape index (κ1) is 47.8. The highest BCUT2D eigenvalue weighted by atomic mass is 35.5. The van der Waals surface area contributed by atoms with E-state index in [-0.39, 0.29) is 56.8 Å². The Morgan fingerprint density at radius 3 is 2.11 bits per heavy atom. The van der Waals surface area contributed by atoms with Crippen LogP contribution in [0.4, 0.5) is 13.2 Å². The highest BCUT2D eigenvalue weighted by Crippen LogP contribution is 2.41. The molecule has 5 rings (SSSR count). The van der Waals surface area contributed by atoms with Crippen molar-refractivity contribution in [2.24, 2.45) is 0 Å². The molecule has 1 aromatic heterocycles. The number of nitriles is 1. The lowest BCUT2D eigenvalue weighted by Crippen LogP contribution is -2.31. The van der Waals surface area contributed by atoms with Gasteiger partial charge in [-0.05, 0) is 77.1 Å². The normalized spacial score (nSPS) is 12.3. The maximum atomic E-state index is 14.3. The molecule has 0 saturated carbocycles. The number of rotatable bonds is 22. The lowest BCUT2D eigenvalue weighted by molar-refractivity contribution is -0.140. The van der Waals surface area contributed by atoms with E-state index in [1.807, 2.05) is 44.2 Å². The van der Waals surface area contributed by atoms with Gasteiger partial charge in [-0.15, -0.1) is 0 Å². The summed E-state index contributed by atoms with van der Waals surface area (Å²) < 4.78 is 60.9. The minimum Gasteiger partial charge on any atom is -0.492 e. The molecule has 1 heterocycles. The van der Waals surface area contributed by atoms with Crippen LogP contribution in [0.2, 0.25) is 5.02 Å². The number of aliphatic carboxylic acids is 2. The Hall–Kier alpha value is -6.22. The topological polar surface area (TPSA) is 203 Å². The van der Waals surface area contributed by atoms with Crippen LogP contribution in [-0.4, -0.2) is 75.8 Å². The van der Waals surface area contributed by atoms with E-state index in [9.17, 15) is 38.2 Å². The van der Waals surface area contributed by atoms with E-state index in [0.717, 1.165) is 33.9 Å². The van der Waals surface area contributed by atoms with Gasteiger partial charge in [0.15, 0.2) is 0 Å². The van der Waals surface area contributed by atoms with Gasteiger partial charge in [0, 0.05) is 55.8 Å². The summed E-state index contributed by atoms with van der Waals surface area (Å²) in [4.78, 5) is 25.8. The van der Waals surface area contributed by atoms with Crippen molar-refractivity contribution >= 4 is 23.5 Å². The molecule has 63 heavy (non-hydrogen) atoms. The molecule has 0 saturated heterocycles. The number of nitrogens with zero attached hydrogens (tertiary/aromatic N) is 2. The van der Waals surface area contributed by atoms with Crippen LogP contribution in [0, 0.1) is 25.2 Å². The Kier molecular flexibility index (Phi) is 16.9. The van der Waals surface area contributed by atoms with Crippen molar-refractivity contribution in [1.82, 2.24) is 15.6 Å². The highest BCUT2D eigenvalue weighted by Gasteiger charge is 2.35. The molecule has 5 aromatic rings. The van der Waals surface area contributed by atoms with E-state index < -0.39 is 48.7 Å². The van der Waals surface area contributed by atoms with Gasteiger partial charge in [-0.1, -0.05) is 54.1 Å². The average molecular weight is 891 g/mol. The predicted octanol–water partition coefficient (Wildman–Crippen LogP) is 7.46. The summed E-state index contributed by atoms with van der Waals surface area (Å²) in [5.41, 5.74) is 5.59. The fourth-order valence-corrected chi connectivity index (χ4v) is 6.98. The molecule has 4 aromatic carbocycles. The second-order valence-electron chi connectivity index (χ2n) is 14.6. The second kappa shape index (κ2) is 22.2. The van der Waals surface area contributed by atoms with E-state index in [1.54, 1.807) is 42.6 Å². The van der Waals surface area contributed by atoms with Gasteiger partial charge in [0.1, 0.15) is 43.1 Å². The highest BCUT2D eigenvalue weighted by molar-refractivity contribution is 6.32. The summed E-state index contributed by atoms with van der Waals surface area (Å²) in [7, 11) is 0. The summed E-state index contributed by atoms with van der Waals surface area (Å²) >= 11 is 6.72. The van der Waals surface area contributed by atoms with Crippen LogP contribution in [0.25, 0.3) is 22.3 Å². The van der Waals surface area contributed by atoms with E-state index in [0.29, 0.717) is 39.3 Å². The van der Waals surface area contributed by atoms with Crippen molar-refractivity contribution in [3.05, 3.63) is 129 Å². The fraction of sp³-hybridized carbons (Fsp3) is 0.304. The van der Waals surface area contributed by atoms with Gasteiger partial charge in [0.2, 0.25) is 0 Å². The number of aliphatic hydroxyl groups is 2. The number of aromatic nitrogens is 1. The monoisotopic (exact) mass is 890 g/mol. The van der Waals surface area contributed by atoms with Gasteiger partial charge in [-0.25, -0.2) is 0 Å². The first-order chi connectivity index (χ1) is 30.0. The van der Waals surface area contributed by atoms with Gasteiger partial charge < -0.3 is 45.3 Å². The number of hydrogen-bond acceptors (Lipinski definition) is 11. The van der Waals surface area contributed by atoms with Crippen LogP contribution >= 0.6 is 11.6 Å². The molecule has 13 nitrogen and oxygen atoms in total. The number of pyridine rings is 1. The summed E-state index contributed by atoms with van der Waals surface area (Å²) in [6.45, 7) is 3.93. The number of hydrogen-bond donors (Lipinski definition) is 6. The first-order valence-electron chi connectivity index (χ1n) is 19.7. The maximum absolute atomic E-state index is 14.3. The van der Waals surface area contributed by atoms with Gasteiger partial charge in [-0.2, -0.15) is 18.4 Å². The quantitative estimate of drug-likeness (QED) is 0.0374. The molecule has 0 aliphatic rings. The Morgan fingerprint density at radius 2 is 1.43 bits per heavy atom. The van der Waals surface area contributed by atoms with E-state index in [4.69, 9.17) is 36.0 Å². The Morgan fingerprint density at radius 1 is 0.778 bits per heavy atom. The number of carboxylic acids is 2. The summed E-state index contributed by atoms with van der Waals surface area (Å²) in [6.07, 6.45) is -4.89. The van der Waals surface area contributed by atoms with Gasteiger partial charge in [0.05, 0.1) is 41.2 Å². The summed E-state index contributed by atoms with van der Waals surface area (Å²) in [5, 5.41) is 52.8. The number of aliphatic hydroxyl groups excluding tert-OH is 2. The minimum absolute atomic E-state index is 0.00382. The minimum atomic E-state index is -4.73. The lowest BCUT2D eigenvalue weighted by Gasteiger charge is -2.19. The number of nitrogens with one attached hydrogen (secondary N) is 2. The third kappa shape index (κ3) is 13.6. The number of carbonyl (C=O) groups is 2. The molecular formula is C46H46ClF3N4O9. The molecule has 0 bridgehead atoms. The van der Waals surface area contributed by atoms with Crippen molar-refractivity contribution in [2.75, 3.05) is 26.2 Å². The molecule has 6 N–H and O–H groups in total. The molecule has 0 aliphatic carbocycles. The largest absolute Gasteiger partial charge is 0.492 e. The van der Waals surface area contributed by atoms with E-state index in [2.05, 4.69) is 15.6 Å². The third-order valence-electron chi connectivity index (χ3n) is 9.91. The predicted molar refractivity (Wildman–Crippen MR) is 227 cm³/mol. The van der Waals surface area contributed by atoms with Crippen molar-refractivity contribution in [1.29, 1.82) is 5.26 Å². The SMILES string of the molecule is Cc1c(COc2cc(OCc3cncc(C#N)c3)c(CNC[C@@H](O)CC(=O)O)cc2Cl)cccc1-c1cccc(-c2ccc(OCCNC[C@@H](O)CC(=O)O)c(C(F)(F)F)c2)c1C. The lowest BCUT2D eigenvalue weighted by atomic mass is 9.89. The first-order valence-corrected chi connectivity index (χ1v) is 20.1. The van der Waals surface area contributed by atoms with Crippen LogP contribution in [-0.2, 0) is 35.5 Å². The van der Waals surface area contributed by atoms with Crippen LogP contribution in [0.15, 0.2) is 85.2 Å². The molecule has 0 aliphatic heterocycles. The van der Waals surface area contributed by atoms with Crippen molar-refractivity contribution in [3.8, 4) is 45.6 Å². The molecule has 332 valence electrons. The Labute approximate surface area is 366 Å². The zero-order valence-corrected chi connectivity index (χ0v) is 35.1. The Bertz CT molecular complexity index is 2440. The number of ether oxygens (including phenoxy) is 3.